The molecule has 0 spiro atoms. The van der Waals surface area contributed by atoms with Gasteiger partial charge in [-0.25, -0.2) is 4.98 Å². The first-order valence-corrected chi connectivity index (χ1v) is 8.16. The first-order valence-electron chi connectivity index (χ1n) is 8.16. The standard InChI is InChI=1S/C19H19N5O/c1-2-10-22-19(25)16-17(21)24-11-4-7-15(18(24)23-16)14-6-3-5-13(12-14)8-9-20/h3-7,11-12H,2,8,10,21H2,1H3,(H,22,25). The third kappa shape index (κ3) is 3.17. The summed E-state index contributed by atoms with van der Waals surface area (Å²) in [7, 11) is 0. The largest absolute Gasteiger partial charge is 0.383 e. The summed E-state index contributed by atoms with van der Waals surface area (Å²) in [5, 5.41) is 11.7. The molecule has 0 radical (unpaired) electrons. The minimum Gasteiger partial charge on any atom is -0.383 e. The van der Waals surface area contributed by atoms with Gasteiger partial charge in [0.05, 0.1) is 12.5 Å². The first-order chi connectivity index (χ1) is 12.2. The number of hydrogen-bond donors (Lipinski definition) is 2. The van der Waals surface area contributed by atoms with Gasteiger partial charge in [-0.15, -0.1) is 0 Å². The summed E-state index contributed by atoms with van der Waals surface area (Å²) in [4.78, 5) is 16.8. The van der Waals surface area contributed by atoms with Crippen molar-refractivity contribution in [2.45, 2.75) is 19.8 Å². The Labute approximate surface area is 145 Å². The molecule has 3 N–H and O–H groups in total. The number of carbonyl (C=O) groups is 1. The fraction of sp³-hybridized carbons (Fsp3) is 0.211. The Morgan fingerprint density at radius 1 is 1.36 bits per heavy atom. The highest BCUT2D eigenvalue weighted by molar-refractivity contribution is 5.98. The van der Waals surface area contributed by atoms with Crippen molar-refractivity contribution < 1.29 is 4.79 Å². The van der Waals surface area contributed by atoms with Crippen molar-refractivity contribution in [2.75, 3.05) is 12.3 Å². The van der Waals surface area contributed by atoms with Crippen molar-refractivity contribution in [3.8, 4) is 17.2 Å². The highest BCUT2D eigenvalue weighted by Crippen LogP contribution is 2.27. The lowest BCUT2D eigenvalue weighted by Gasteiger charge is -2.05. The van der Waals surface area contributed by atoms with Crippen LogP contribution in [-0.2, 0) is 6.42 Å². The molecule has 0 bridgehead atoms. The van der Waals surface area contributed by atoms with Crippen LogP contribution in [0.25, 0.3) is 16.8 Å². The lowest BCUT2D eigenvalue weighted by Crippen LogP contribution is -2.25. The SMILES string of the molecule is CCCNC(=O)c1nc2c(-c3cccc(CC#N)c3)cccn2c1N. The van der Waals surface area contributed by atoms with Gasteiger partial charge in [0.15, 0.2) is 5.69 Å². The average molecular weight is 333 g/mol. The predicted molar refractivity (Wildman–Crippen MR) is 97.0 cm³/mol. The summed E-state index contributed by atoms with van der Waals surface area (Å²) < 4.78 is 1.72. The number of fused-ring (bicyclic) bond motifs is 1. The van der Waals surface area contributed by atoms with E-state index in [4.69, 9.17) is 11.0 Å². The van der Waals surface area contributed by atoms with Crippen molar-refractivity contribution in [1.82, 2.24) is 14.7 Å². The smallest absolute Gasteiger partial charge is 0.273 e. The highest BCUT2D eigenvalue weighted by atomic mass is 16.1. The van der Waals surface area contributed by atoms with E-state index in [1.165, 1.54) is 0 Å². The molecule has 0 fully saturated rings. The monoisotopic (exact) mass is 333 g/mol. The molecule has 0 saturated carbocycles. The average Bonchev–Trinajstić information content (AvgIpc) is 2.97. The number of pyridine rings is 1. The fourth-order valence-electron chi connectivity index (χ4n) is 2.74. The van der Waals surface area contributed by atoms with E-state index in [1.54, 1.807) is 10.6 Å². The summed E-state index contributed by atoms with van der Waals surface area (Å²) in [5.74, 6) is 0.0471. The molecule has 0 aliphatic rings. The number of benzene rings is 1. The minimum atomic E-state index is -0.271. The van der Waals surface area contributed by atoms with Gasteiger partial charge in [-0.3, -0.25) is 9.20 Å². The molecule has 1 amide bonds. The fourth-order valence-corrected chi connectivity index (χ4v) is 2.74. The molecule has 0 unspecified atom stereocenters. The van der Waals surface area contributed by atoms with Crippen LogP contribution in [0, 0.1) is 11.3 Å². The molecule has 0 atom stereocenters. The second kappa shape index (κ2) is 7.05. The number of aromatic nitrogens is 2. The van der Waals surface area contributed by atoms with Gasteiger partial charge in [0, 0.05) is 18.3 Å². The molecule has 2 heterocycles. The molecule has 0 aliphatic heterocycles. The number of rotatable bonds is 5. The number of amides is 1. The van der Waals surface area contributed by atoms with Gasteiger partial charge in [0.25, 0.3) is 5.91 Å². The van der Waals surface area contributed by atoms with Crippen LogP contribution in [0.15, 0.2) is 42.6 Å². The zero-order valence-electron chi connectivity index (χ0n) is 14.0. The number of nitrogen functional groups attached to an aromatic ring is 1. The summed E-state index contributed by atoms with van der Waals surface area (Å²) >= 11 is 0. The molecule has 126 valence electrons. The van der Waals surface area contributed by atoms with Crippen molar-refractivity contribution in [2.24, 2.45) is 0 Å². The van der Waals surface area contributed by atoms with E-state index in [0.717, 1.165) is 23.1 Å². The number of nitrogens with one attached hydrogen (secondary N) is 1. The van der Waals surface area contributed by atoms with Gasteiger partial charge in [0.1, 0.15) is 11.5 Å². The van der Waals surface area contributed by atoms with Crippen LogP contribution in [-0.4, -0.2) is 21.8 Å². The molecule has 6 heteroatoms. The molecule has 1 aromatic carbocycles. The molecule has 0 saturated heterocycles. The Morgan fingerprint density at radius 3 is 2.96 bits per heavy atom. The van der Waals surface area contributed by atoms with E-state index in [1.807, 2.05) is 43.3 Å². The maximum absolute atomic E-state index is 12.3. The molecular formula is C19H19N5O. The van der Waals surface area contributed by atoms with Gasteiger partial charge in [0.2, 0.25) is 0 Å². The quantitative estimate of drug-likeness (QED) is 0.750. The normalized spacial score (nSPS) is 10.6. The lowest BCUT2D eigenvalue weighted by molar-refractivity contribution is 0.0950. The summed E-state index contributed by atoms with van der Waals surface area (Å²) in [5.41, 5.74) is 9.72. The Morgan fingerprint density at radius 2 is 2.20 bits per heavy atom. The molecule has 3 aromatic rings. The van der Waals surface area contributed by atoms with Gasteiger partial charge >= 0.3 is 0 Å². The number of hydrogen-bond acceptors (Lipinski definition) is 4. The molecule has 2 aromatic heterocycles. The number of nitrogens with zero attached hydrogens (tertiary/aromatic N) is 3. The Balaban J connectivity index is 2.10. The third-order valence-corrected chi connectivity index (χ3v) is 3.96. The zero-order valence-corrected chi connectivity index (χ0v) is 14.0. The van der Waals surface area contributed by atoms with E-state index < -0.39 is 0 Å². The van der Waals surface area contributed by atoms with Crippen LogP contribution >= 0.6 is 0 Å². The van der Waals surface area contributed by atoms with Gasteiger partial charge in [-0.1, -0.05) is 25.1 Å². The second-order valence-electron chi connectivity index (χ2n) is 5.75. The highest BCUT2D eigenvalue weighted by Gasteiger charge is 2.18. The number of anilines is 1. The number of nitrogens with two attached hydrogens (primary N) is 1. The predicted octanol–water partition coefficient (Wildman–Crippen LogP) is 2.79. The van der Waals surface area contributed by atoms with Gasteiger partial charge < -0.3 is 11.1 Å². The summed E-state index contributed by atoms with van der Waals surface area (Å²) in [6.45, 7) is 2.56. The van der Waals surface area contributed by atoms with Crippen LogP contribution in [0.5, 0.6) is 0 Å². The maximum Gasteiger partial charge on any atom is 0.273 e. The zero-order chi connectivity index (χ0) is 17.8. The van der Waals surface area contributed by atoms with Crippen LogP contribution in [0.2, 0.25) is 0 Å². The third-order valence-electron chi connectivity index (χ3n) is 3.96. The van der Waals surface area contributed by atoms with Crippen LogP contribution in [0.3, 0.4) is 0 Å². The van der Waals surface area contributed by atoms with Crippen LogP contribution in [0.1, 0.15) is 29.4 Å². The Hall–Kier alpha value is -3.33. The van der Waals surface area contributed by atoms with Gasteiger partial charge in [-0.05, 0) is 35.7 Å². The Kier molecular flexibility index (Phi) is 4.66. The summed E-state index contributed by atoms with van der Waals surface area (Å²) in [6.07, 6.45) is 2.98. The summed E-state index contributed by atoms with van der Waals surface area (Å²) in [6, 6.07) is 13.7. The van der Waals surface area contributed by atoms with Crippen molar-refractivity contribution in [1.29, 1.82) is 5.26 Å². The Bertz CT molecular complexity index is 968. The van der Waals surface area contributed by atoms with E-state index in [0.29, 0.717) is 24.4 Å². The van der Waals surface area contributed by atoms with Crippen molar-refractivity contribution in [3.63, 3.8) is 0 Å². The van der Waals surface area contributed by atoms with Gasteiger partial charge in [-0.2, -0.15) is 5.26 Å². The van der Waals surface area contributed by atoms with Crippen LogP contribution < -0.4 is 11.1 Å². The molecule has 6 nitrogen and oxygen atoms in total. The minimum absolute atomic E-state index is 0.231. The first kappa shape index (κ1) is 16.5. The molecule has 3 rings (SSSR count). The number of carbonyl (C=O) groups excluding carboxylic acids is 1. The van der Waals surface area contributed by atoms with E-state index >= 15 is 0 Å². The molecular weight excluding hydrogens is 314 g/mol. The second-order valence-corrected chi connectivity index (χ2v) is 5.75. The van der Waals surface area contributed by atoms with Crippen molar-refractivity contribution in [3.05, 3.63) is 53.9 Å². The van der Waals surface area contributed by atoms with E-state index in [9.17, 15) is 4.79 Å². The maximum atomic E-state index is 12.3. The molecule has 25 heavy (non-hydrogen) atoms. The molecule has 0 aliphatic carbocycles. The van der Waals surface area contributed by atoms with E-state index in [2.05, 4.69) is 16.4 Å². The topological polar surface area (TPSA) is 96.2 Å². The lowest BCUT2D eigenvalue weighted by atomic mass is 10.0. The number of imidazole rings is 1. The number of nitriles is 1. The van der Waals surface area contributed by atoms with E-state index in [-0.39, 0.29) is 11.6 Å². The van der Waals surface area contributed by atoms with Crippen molar-refractivity contribution >= 4 is 17.4 Å². The van der Waals surface area contributed by atoms with Crippen LogP contribution in [0.4, 0.5) is 5.82 Å².